The van der Waals surface area contributed by atoms with Crippen LogP contribution in [0.3, 0.4) is 0 Å². The van der Waals surface area contributed by atoms with Gasteiger partial charge in [-0.3, -0.25) is 0 Å². The van der Waals surface area contributed by atoms with Crippen molar-refractivity contribution < 1.29 is 4.74 Å². The zero-order valence-electron chi connectivity index (χ0n) is 9.29. The summed E-state index contributed by atoms with van der Waals surface area (Å²) < 4.78 is 6.40. The molecule has 0 atom stereocenters. The predicted octanol–water partition coefficient (Wildman–Crippen LogP) is 4.92. The number of halogens is 3. The second-order valence-electron chi connectivity index (χ2n) is 3.73. The second kappa shape index (κ2) is 5.83. The van der Waals surface area contributed by atoms with Crippen molar-refractivity contribution in [1.29, 1.82) is 0 Å². The van der Waals surface area contributed by atoms with Crippen LogP contribution in [0.5, 0.6) is 5.75 Å². The third-order valence-corrected chi connectivity index (χ3v) is 3.41. The largest absolute Gasteiger partial charge is 0.486 e. The summed E-state index contributed by atoms with van der Waals surface area (Å²) in [5, 5.41) is 1.04. The molecule has 2 aromatic carbocycles. The molecular formula is C13H10BrCl2NO. The van der Waals surface area contributed by atoms with Gasteiger partial charge >= 0.3 is 0 Å². The molecule has 2 N–H and O–H groups in total. The first-order valence-corrected chi connectivity index (χ1v) is 6.73. The van der Waals surface area contributed by atoms with E-state index >= 15 is 0 Å². The zero-order valence-corrected chi connectivity index (χ0v) is 12.4. The maximum Gasteiger partial charge on any atom is 0.152 e. The number of hydrogen-bond acceptors (Lipinski definition) is 2. The van der Waals surface area contributed by atoms with Gasteiger partial charge in [-0.05, 0) is 45.8 Å². The van der Waals surface area contributed by atoms with Crippen LogP contribution < -0.4 is 10.5 Å². The molecule has 94 valence electrons. The molecule has 0 bridgehead atoms. The molecule has 0 amide bonds. The minimum absolute atomic E-state index is 0.417. The summed E-state index contributed by atoms with van der Waals surface area (Å²) in [4.78, 5) is 0. The molecule has 5 heteroatoms. The normalized spacial score (nSPS) is 10.4. The highest BCUT2D eigenvalue weighted by molar-refractivity contribution is 9.10. The molecule has 18 heavy (non-hydrogen) atoms. The summed E-state index contributed by atoms with van der Waals surface area (Å²) in [6.45, 7) is 0.417. The molecule has 0 unspecified atom stereocenters. The first-order valence-electron chi connectivity index (χ1n) is 5.18. The van der Waals surface area contributed by atoms with E-state index in [4.69, 9.17) is 33.7 Å². The van der Waals surface area contributed by atoms with Gasteiger partial charge in [0.05, 0.1) is 9.50 Å². The minimum Gasteiger partial charge on any atom is -0.486 e. The van der Waals surface area contributed by atoms with Crippen LogP contribution in [0.4, 0.5) is 5.69 Å². The van der Waals surface area contributed by atoms with Crippen molar-refractivity contribution in [3.63, 3.8) is 0 Å². The third-order valence-electron chi connectivity index (χ3n) is 2.33. The topological polar surface area (TPSA) is 35.2 Å². The van der Waals surface area contributed by atoms with Crippen molar-refractivity contribution in [1.82, 2.24) is 0 Å². The number of benzene rings is 2. The van der Waals surface area contributed by atoms with Gasteiger partial charge in [0.25, 0.3) is 0 Å². The van der Waals surface area contributed by atoms with Crippen molar-refractivity contribution in [3.05, 3.63) is 56.5 Å². The molecule has 0 aromatic heterocycles. The maximum atomic E-state index is 6.07. The molecule has 0 saturated carbocycles. The van der Waals surface area contributed by atoms with E-state index in [1.54, 1.807) is 12.1 Å². The molecule has 2 aromatic rings. The Morgan fingerprint density at radius 2 is 1.78 bits per heavy atom. The highest BCUT2D eigenvalue weighted by atomic mass is 79.9. The number of nitrogens with two attached hydrogens (primary N) is 1. The van der Waals surface area contributed by atoms with Crippen molar-refractivity contribution in [3.8, 4) is 5.75 Å². The van der Waals surface area contributed by atoms with Crippen LogP contribution in [-0.2, 0) is 6.61 Å². The van der Waals surface area contributed by atoms with Crippen molar-refractivity contribution in [2.45, 2.75) is 6.61 Å². The van der Waals surface area contributed by atoms with Gasteiger partial charge < -0.3 is 10.5 Å². The fourth-order valence-corrected chi connectivity index (χ4v) is 2.80. The molecule has 2 nitrogen and oxygen atoms in total. The lowest BCUT2D eigenvalue weighted by Crippen LogP contribution is -1.97. The monoisotopic (exact) mass is 345 g/mol. The average Bonchev–Trinajstić information content (AvgIpc) is 2.30. The van der Waals surface area contributed by atoms with E-state index in [0.29, 0.717) is 22.4 Å². The summed E-state index contributed by atoms with van der Waals surface area (Å²) in [6, 6.07) is 10.9. The average molecular weight is 347 g/mol. The van der Waals surface area contributed by atoms with E-state index < -0.39 is 0 Å². The van der Waals surface area contributed by atoms with Gasteiger partial charge in [-0.25, -0.2) is 0 Å². The van der Waals surface area contributed by atoms with Crippen molar-refractivity contribution in [2.24, 2.45) is 0 Å². The SMILES string of the molecule is Nc1ccc(COc2c(Cl)cc(Cl)cc2Br)cc1. The van der Waals surface area contributed by atoms with Crippen LogP contribution in [0, 0.1) is 0 Å². The van der Waals surface area contributed by atoms with E-state index in [0.717, 1.165) is 15.7 Å². The Hall–Kier alpha value is -0.900. The summed E-state index contributed by atoms with van der Waals surface area (Å²) in [7, 11) is 0. The Bertz CT molecular complexity index is 534. The van der Waals surface area contributed by atoms with E-state index in [2.05, 4.69) is 15.9 Å². The minimum atomic E-state index is 0.417. The number of nitrogen functional groups attached to an aromatic ring is 1. The van der Waals surface area contributed by atoms with Crippen LogP contribution in [0.2, 0.25) is 10.0 Å². The molecular weight excluding hydrogens is 337 g/mol. The molecule has 0 fully saturated rings. The van der Waals surface area contributed by atoms with E-state index in [-0.39, 0.29) is 0 Å². The third kappa shape index (κ3) is 3.31. The van der Waals surface area contributed by atoms with Gasteiger partial charge in [0.15, 0.2) is 5.75 Å². The molecule has 0 spiro atoms. The lowest BCUT2D eigenvalue weighted by molar-refractivity contribution is 0.304. The lowest BCUT2D eigenvalue weighted by Gasteiger charge is -2.10. The molecule has 0 aliphatic rings. The fourth-order valence-electron chi connectivity index (χ4n) is 1.44. The molecule has 2 rings (SSSR count). The Labute approximate surface area is 124 Å². The van der Waals surface area contributed by atoms with E-state index in [1.807, 2.05) is 24.3 Å². The van der Waals surface area contributed by atoms with Gasteiger partial charge in [-0.15, -0.1) is 0 Å². The number of hydrogen-bond donors (Lipinski definition) is 1. The van der Waals surface area contributed by atoms with E-state index in [1.165, 1.54) is 0 Å². The predicted molar refractivity (Wildman–Crippen MR) is 79.3 cm³/mol. The van der Waals surface area contributed by atoms with E-state index in [9.17, 15) is 0 Å². The first-order chi connectivity index (χ1) is 8.56. The summed E-state index contributed by atoms with van der Waals surface area (Å²) in [5.74, 6) is 0.581. The van der Waals surface area contributed by atoms with Gasteiger partial charge in [-0.2, -0.15) is 0 Å². The number of ether oxygens (including phenoxy) is 1. The molecule has 0 aliphatic carbocycles. The van der Waals surface area contributed by atoms with Crippen molar-refractivity contribution in [2.75, 3.05) is 5.73 Å². The Morgan fingerprint density at radius 1 is 1.11 bits per heavy atom. The van der Waals surface area contributed by atoms with Crippen LogP contribution in [-0.4, -0.2) is 0 Å². The Balaban J connectivity index is 2.13. The highest BCUT2D eigenvalue weighted by Gasteiger charge is 2.08. The van der Waals surface area contributed by atoms with Crippen LogP contribution >= 0.6 is 39.1 Å². The van der Waals surface area contributed by atoms with Crippen LogP contribution in [0.15, 0.2) is 40.9 Å². The smallest absolute Gasteiger partial charge is 0.152 e. The van der Waals surface area contributed by atoms with Gasteiger partial charge in [0.2, 0.25) is 0 Å². The van der Waals surface area contributed by atoms with Gasteiger partial charge in [0, 0.05) is 10.7 Å². The van der Waals surface area contributed by atoms with Crippen molar-refractivity contribution >= 4 is 44.8 Å². The Morgan fingerprint density at radius 3 is 2.39 bits per heavy atom. The summed E-state index contributed by atoms with van der Waals surface area (Å²) in [5.41, 5.74) is 7.36. The summed E-state index contributed by atoms with van der Waals surface area (Å²) >= 11 is 15.3. The van der Waals surface area contributed by atoms with Crippen LogP contribution in [0.25, 0.3) is 0 Å². The zero-order chi connectivity index (χ0) is 13.1. The highest BCUT2D eigenvalue weighted by Crippen LogP contribution is 2.36. The quantitative estimate of drug-likeness (QED) is 0.801. The number of anilines is 1. The lowest BCUT2D eigenvalue weighted by atomic mass is 10.2. The first kappa shape index (κ1) is 13.5. The fraction of sp³-hybridized carbons (Fsp3) is 0.0769. The van der Waals surface area contributed by atoms with Gasteiger partial charge in [-0.1, -0.05) is 35.3 Å². The Kier molecular flexibility index (Phi) is 4.38. The number of rotatable bonds is 3. The molecule has 0 radical (unpaired) electrons. The van der Waals surface area contributed by atoms with Crippen LogP contribution in [0.1, 0.15) is 5.56 Å². The molecule has 0 heterocycles. The van der Waals surface area contributed by atoms with Gasteiger partial charge in [0.1, 0.15) is 6.61 Å². The summed E-state index contributed by atoms with van der Waals surface area (Å²) in [6.07, 6.45) is 0. The molecule has 0 saturated heterocycles. The maximum absolute atomic E-state index is 6.07. The standard InChI is InChI=1S/C13H10BrCl2NO/c14-11-5-9(15)6-12(16)13(11)18-7-8-1-3-10(17)4-2-8/h1-6H,7,17H2. The molecule has 0 aliphatic heterocycles. The second-order valence-corrected chi connectivity index (χ2v) is 5.43.